The number of nitrogens with zero attached hydrogens (tertiary/aromatic N) is 1. The van der Waals surface area contributed by atoms with E-state index in [1.165, 1.54) is 5.56 Å². The molecule has 1 aliphatic heterocycles. The second kappa shape index (κ2) is 5.61. The summed E-state index contributed by atoms with van der Waals surface area (Å²) in [5.74, 6) is 2.14. The maximum atomic E-state index is 5.87. The van der Waals surface area contributed by atoms with Crippen molar-refractivity contribution in [3.8, 4) is 11.5 Å². The predicted molar refractivity (Wildman–Crippen MR) is 76.7 cm³/mol. The van der Waals surface area contributed by atoms with Gasteiger partial charge in [-0.15, -0.1) is 0 Å². The van der Waals surface area contributed by atoms with Crippen LogP contribution in [-0.2, 0) is 0 Å². The van der Waals surface area contributed by atoms with E-state index in [-0.39, 0.29) is 0 Å². The first-order valence-electron chi connectivity index (χ1n) is 6.29. The summed E-state index contributed by atoms with van der Waals surface area (Å²) < 4.78 is 12.3. The molecule has 19 heavy (non-hydrogen) atoms. The van der Waals surface area contributed by atoms with Gasteiger partial charge in [0.05, 0.1) is 13.2 Å². The Labute approximate surface area is 120 Å². The minimum atomic E-state index is 0.372. The van der Waals surface area contributed by atoms with Crippen LogP contribution in [0.2, 0.25) is 0 Å². The molecule has 0 spiro atoms. The van der Waals surface area contributed by atoms with Crippen LogP contribution < -0.4 is 9.47 Å². The van der Waals surface area contributed by atoms with Crippen molar-refractivity contribution in [2.75, 3.05) is 13.2 Å². The van der Waals surface area contributed by atoms with Crippen LogP contribution in [-0.4, -0.2) is 18.2 Å². The molecule has 1 aromatic heterocycles. The van der Waals surface area contributed by atoms with Crippen LogP contribution in [0.15, 0.2) is 47.2 Å². The van der Waals surface area contributed by atoms with Crippen molar-refractivity contribution in [2.45, 2.75) is 12.3 Å². The second-order valence-electron chi connectivity index (χ2n) is 4.48. The van der Waals surface area contributed by atoms with Crippen LogP contribution in [0, 0.1) is 0 Å². The van der Waals surface area contributed by atoms with Gasteiger partial charge in [0.2, 0.25) is 0 Å². The standard InChI is InChI=1S/C15H14BrNO2/c16-15-14(6-3-8-17-15)19-10-11-7-9-18-13-5-2-1-4-12(11)13/h1-6,8,11H,7,9-10H2. The lowest BCUT2D eigenvalue weighted by Gasteiger charge is -2.25. The highest BCUT2D eigenvalue weighted by Crippen LogP contribution is 2.34. The van der Waals surface area contributed by atoms with Crippen LogP contribution in [0.25, 0.3) is 0 Å². The zero-order valence-electron chi connectivity index (χ0n) is 10.4. The second-order valence-corrected chi connectivity index (χ2v) is 5.23. The summed E-state index contributed by atoms with van der Waals surface area (Å²) in [7, 11) is 0. The summed E-state index contributed by atoms with van der Waals surface area (Å²) in [5.41, 5.74) is 1.23. The van der Waals surface area contributed by atoms with Gasteiger partial charge in [0.15, 0.2) is 5.75 Å². The minimum absolute atomic E-state index is 0.372. The van der Waals surface area contributed by atoms with E-state index in [1.54, 1.807) is 6.20 Å². The van der Waals surface area contributed by atoms with Crippen molar-refractivity contribution < 1.29 is 9.47 Å². The number of aromatic nitrogens is 1. The number of pyridine rings is 1. The molecule has 0 fully saturated rings. The number of halogens is 1. The molecule has 0 amide bonds. The van der Waals surface area contributed by atoms with Gasteiger partial charge in [-0.25, -0.2) is 4.98 Å². The normalized spacial score (nSPS) is 17.4. The van der Waals surface area contributed by atoms with Crippen LogP contribution >= 0.6 is 15.9 Å². The number of fused-ring (bicyclic) bond motifs is 1. The third kappa shape index (κ3) is 2.73. The Morgan fingerprint density at radius 2 is 2.16 bits per heavy atom. The molecule has 98 valence electrons. The molecule has 2 heterocycles. The first kappa shape index (κ1) is 12.5. The maximum absolute atomic E-state index is 5.87. The Balaban J connectivity index is 1.73. The smallest absolute Gasteiger partial charge is 0.152 e. The van der Waals surface area contributed by atoms with Crippen LogP contribution in [0.4, 0.5) is 0 Å². The van der Waals surface area contributed by atoms with Gasteiger partial charge in [0.25, 0.3) is 0 Å². The first-order chi connectivity index (χ1) is 9.34. The molecular formula is C15H14BrNO2. The minimum Gasteiger partial charge on any atom is -0.493 e. The molecule has 2 aromatic rings. The molecule has 1 aliphatic rings. The van der Waals surface area contributed by atoms with Crippen LogP contribution in [0.5, 0.6) is 11.5 Å². The predicted octanol–water partition coefficient (Wildman–Crippen LogP) is 3.79. The van der Waals surface area contributed by atoms with Gasteiger partial charge in [-0.2, -0.15) is 0 Å². The molecule has 0 N–H and O–H groups in total. The molecule has 0 saturated heterocycles. The summed E-state index contributed by atoms with van der Waals surface area (Å²) >= 11 is 3.39. The summed E-state index contributed by atoms with van der Waals surface area (Å²) in [6, 6.07) is 12.0. The van der Waals surface area contributed by atoms with Crippen LogP contribution in [0.1, 0.15) is 17.9 Å². The molecule has 3 rings (SSSR count). The molecule has 0 saturated carbocycles. The molecule has 4 heteroatoms. The Morgan fingerprint density at radius 1 is 1.26 bits per heavy atom. The fraction of sp³-hybridized carbons (Fsp3) is 0.267. The van der Waals surface area contributed by atoms with E-state index in [0.717, 1.165) is 29.1 Å². The average Bonchev–Trinajstić information content (AvgIpc) is 2.46. The highest BCUT2D eigenvalue weighted by Gasteiger charge is 2.21. The lowest BCUT2D eigenvalue weighted by molar-refractivity contribution is 0.216. The SMILES string of the molecule is Brc1ncccc1OCC1CCOc2ccccc21. The van der Waals surface area contributed by atoms with Crippen molar-refractivity contribution in [3.05, 3.63) is 52.8 Å². The number of hydrogen-bond donors (Lipinski definition) is 0. The molecule has 1 atom stereocenters. The van der Waals surface area contributed by atoms with Gasteiger partial charge < -0.3 is 9.47 Å². The summed E-state index contributed by atoms with van der Waals surface area (Å²) in [6.07, 6.45) is 2.72. The summed E-state index contributed by atoms with van der Waals surface area (Å²) in [5, 5.41) is 0. The Kier molecular flexibility index (Phi) is 3.69. The zero-order valence-corrected chi connectivity index (χ0v) is 12.0. The molecule has 0 bridgehead atoms. The third-order valence-electron chi connectivity index (χ3n) is 3.25. The van der Waals surface area contributed by atoms with Gasteiger partial charge in [-0.1, -0.05) is 18.2 Å². The molecule has 0 radical (unpaired) electrons. The topological polar surface area (TPSA) is 31.4 Å². The van der Waals surface area contributed by atoms with E-state index in [4.69, 9.17) is 9.47 Å². The quantitative estimate of drug-likeness (QED) is 0.806. The van der Waals surface area contributed by atoms with Crippen molar-refractivity contribution >= 4 is 15.9 Å². The Hall–Kier alpha value is -1.55. The number of para-hydroxylation sites is 1. The van der Waals surface area contributed by atoms with E-state index in [9.17, 15) is 0 Å². The van der Waals surface area contributed by atoms with Gasteiger partial charge >= 0.3 is 0 Å². The van der Waals surface area contributed by atoms with E-state index in [1.807, 2.05) is 30.3 Å². The Morgan fingerprint density at radius 3 is 3.05 bits per heavy atom. The maximum Gasteiger partial charge on any atom is 0.152 e. The number of rotatable bonds is 3. The van der Waals surface area contributed by atoms with Gasteiger partial charge in [-0.3, -0.25) is 0 Å². The number of ether oxygens (including phenoxy) is 2. The lowest BCUT2D eigenvalue weighted by Crippen LogP contribution is -2.19. The fourth-order valence-electron chi connectivity index (χ4n) is 2.26. The van der Waals surface area contributed by atoms with Crippen molar-refractivity contribution in [1.82, 2.24) is 4.98 Å². The molecule has 1 unspecified atom stereocenters. The Bertz CT molecular complexity index is 574. The largest absolute Gasteiger partial charge is 0.493 e. The number of benzene rings is 1. The number of hydrogen-bond acceptors (Lipinski definition) is 3. The molecule has 1 aromatic carbocycles. The monoisotopic (exact) mass is 319 g/mol. The van der Waals surface area contributed by atoms with Gasteiger partial charge in [0, 0.05) is 17.7 Å². The van der Waals surface area contributed by atoms with E-state index < -0.39 is 0 Å². The lowest BCUT2D eigenvalue weighted by atomic mass is 9.94. The van der Waals surface area contributed by atoms with E-state index in [0.29, 0.717) is 12.5 Å². The molecule has 3 nitrogen and oxygen atoms in total. The van der Waals surface area contributed by atoms with Crippen molar-refractivity contribution in [1.29, 1.82) is 0 Å². The van der Waals surface area contributed by atoms with Crippen LogP contribution in [0.3, 0.4) is 0 Å². The van der Waals surface area contributed by atoms with Gasteiger partial charge in [0.1, 0.15) is 10.4 Å². The summed E-state index contributed by atoms with van der Waals surface area (Å²) in [6.45, 7) is 1.39. The highest BCUT2D eigenvalue weighted by molar-refractivity contribution is 9.10. The fourth-order valence-corrected chi connectivity index (χ4v) is 2.62. The molecule has 0 aliphatic carbocycles. The van der Waals surface area contributed by atoms with Gasteiger partial charge in [-0.05, 0) is 40.5 Å². The third-order valence-corrected chi connectivity index (χ3v) is 3.84. The molecular weight excluding hydrogens is 306 g/mol. The van der Waals surface area contributed by atoms with Crippen molar-refractivity contribution in [2.24, 2.45) is 0 Å². The van der Waals surface area contributed by atoms with Crippen molar-refractivity contribution in [3.63, 3.8) is 0 Å². The first-order valence-corrected chi connectivity index (χ1v) is 7.09. The average molecular weight is 320 g/mol. The summed E-state index contributed by atoms with van der Waals surface area (Å²) in [4.78, 5) is 4.15. The highest BCUT2D eigenvalue weighted by atomic mass is 79.9. The van der Waals surface area contributed by atoms with E-state index >= 15 is 0 Å². The zero-order chi connectivity index (χ0) is 13.1. The van der Waals surface area contributed by atoms with E-state index in [2.05, 4.69) is 27.0 Å².